The zero-order chi connectivity index (χ0) is 15.2. The maximum atomic E-state index is 12.0. The van der Waals surface area contributed by atoms with Gasteiger partial charge in [-0.25, -0.2) is 4.79 Å². The second-order valence-electron chi connectivity index (χ2n) is 5.48. The quantitative estimate of drug-likeness (QED) is 0.906. The van der Waals surface area contributed by atoms with Crippen molar-refractivity contribution in [2.45, 2.75) is 39.3 Å². The van der Waals surface area contributed by atoms with E-state index >= 15 is 0 Å². The highest BCUT2D eigenvalue weighted by Crippen LogP contribution is 2.17. The molecule has 1 heterocycles. The second kappa shape index (κ2) is 7.11. The first kappa shape index (κ1) is 15.4. The molecule has 0 aromatic heterocycles. The van der Waals surface area contributed by atoms with Crippen LogP contribution < -0.4 is 5.32 Å². The fourth-order valence-electron chi connectivity index (χ4n) is 2.27. The third-order valence-electron chi connectivity index (χ3n) is 3.35. The smallest absolute Gasteiger partial charge is 0.317 e. The average molecular weight is 289 g/mol. The van der Waals surface area contributed by atoms with Crippen molar-refractivity contribution in [2.24, 2.45) is 5.16 Å². The number of hydrogen-bond donors (Lipinski definition) is 1. The van der Waals surface area contributed by atoms with Crippen LogP contribution in [0.1, 0.15) is 32.8 Å². The summed E-state index contributed by atoms with van der Waals surface area (Å²) in [6, 6.07) is 10.1. The molecule has 1 unspecified atom stereocenters. The van der Waals surface area contributed by atoms with Crippen LogP contribution in [-0.2, 0) is 4.84 Å². The largest absolute Gasteiger partial charge is 0.390 e. The predicted molar refractivity (Wildman–Crippen MR) is 83.4 cm³/mol. The summed E-state index contributed by atoms with van der Waals surface area (Å²) < 4.78 is 0. The molecule has 0 bridgehead atoms. The Kier molecular flexibility index (Phi) is 5.20. The maximum absolute atomic E-state index is 12.0. The Hall–Kier alpha value is -2.04. The molecule has 0 radical (unpaired) electrons. The van der Waals surface area contributed by atoms with Gasteiger partial charge in [0.15, 0.2) is 6.10 Å². The van der Waals surface area contributed by atoms with Crippen LogP contribution in [0.3, 0.4) is 0 Å². The molecular formula is C16H23N3O2. The summed E-state index contributed by atoms with van der Waals surface area (Å²) >= 11 is 0. The van der Waals surface area contributed by atoms with E-state index in [9.17, 15) is 4.79 Å². The zero-order valence-electron chi connectivity index (χ0n) is 12.9. The van der Waals surface area contributed by atoms with Gasteiger partial charge >= 0.3 is 6.03 Å². The average Bonchev–Trinajstić information content (AvgIpc) is 2.93. The van der Waals surface area contributed by atoms with E-state index in [0.29, 0.717) is 13.1 Å². The van der Waals surface area contributed by atoms with E-state index in [1.54, 1.807) is 4.90 Å². The Bertz CT molecular complexity index is 500. The second-order valence-corrected chi connectivity index (χ2v) is 5.48. The van der Waals surface area contributed by atoms with E-state index in [0.717, 1.165) is 17.7 Å². The summed E-state index contributed by atoms with van der Waals surface area (Å²) in [4.78, 5) is 19.3. The van der Waals surface area contributed by atoms with Crippen molar-refractivity contribution in [2.75, 3.05) is 13.1 Å². The third-order valence-corrected chi connectivity index (χ3v) is 3.35. The van der Waals surface area contributed by atoms with Crippen molar-refractivity contribution in [1.29, 1.82) is 0 Å². The van der Waals surface area contributed by atoms with E-state index in [2.05, 4.69) is 10.5 Å². The SMILES string of the molecule is CCN(CC1CC(c2ccccc2)=NO1)C(=O)NC(C)C. The number of rotatable bonds is 5. The highest BCUT2D eigenvalue weighted by Gasteiger charge is 2.26. The third kappa shape index (κ3) is 4.21. The minimum Gasteiger partial charge on any atom is -0.390 e. The summed E-state index contributed by atoms with van der Waals surface area (Å²) in [7, 11) is 0. The van der Waals surface area contributed by atoms with Crippen LogP contribution >= 0.6 is 0 Å². The molecule has 1 N–H and O–H groups in total. The Morgan fingerprint density at radius 3 is 2.76 bits per heavy atom. The Labute approximate surface area is 126 Å². The van der Waals surface area contributed by atoms with Crippen LogP contribution in [0.4, 0.5) is 4.79 Å². The monoisotopic (exact) mass is 289 g/mol. The number of carbonyl (C=O) groups is 1. The van der Waals surface area contributed by atoms with Crippen LogP contribution in [0, 0.1) is 0 Å². The topological polar surface area (TPSA) is 53.9 Å². The van der Waals surface area contributed by atoms with Crippen molar-refractivity contribution in [3.05, 3.63) is 35.9 Å². The first-order valence-corrected chi connectivity index (χ1v) is 7.43. The van der Waals surface area contributed by atoms with Gasteiger partial charge in [0, 0.05) is 19.0 Å². The lowest BCUT2D eigenvalue weighted by atomic mass is 10.1. The van der Waals surface area contributed by atoms with E-state index < -0.39 is 0 Å². The standard InChI is InChI=1S/C16H23N3O2/c1-4-19(16(20)17-12(2)3)11-14-10-15(18-21-14)13-8-6-5-7-9-13/h5-9,12,14H,4,10-11H2,1-3H3,(H,17,20). The van der Waals surface area contributed by atoms with Gasteiger partial charge in [0.1, 0.15) is 0 Å². The van der Waals surface area contributed by atoms with Crippen molar-refractivity contribution in [3.8, 4) is 0 Å². The molecule has 0 saturated carbocycles. The molecule has 1 aromatic rings. The molecule has 0 aliphatic carbocycles. The summed E-state index contributed by atoms with van der Waals surface area (Å²) in [5, 5.41) is 7.06. The van der Waals surface area contributed by atoms with Gasteiger partial charge in [-0.2, -0.15) is 0 Å². The number of likely N-dealkylation sites (N-methyl/N-ethyl adjacent to an activating group) is 1. The Balaban J connectivity index is 1.89. The zero-order valence-corrected chi connectivity index (χ0v) is 12.9. The van der Waals surface area contributed by atoms with Crippen LogP contribution in [-0.4, -0.2) is 41.9 Å². The van der Waals surface area contributed by atoms with Gasteiger partial charge in [-0.05, 0) is 26.3 Å². The highest BCUT2D eigenvalue weighted by molar-refractivity contribution is 6.01. The predicted octanol–water partition coefficient (Wildman–Crippen LogP) is 2.62. The van der Waals surface area contributed by atoms with Crippen molar-refractivity contribution in [3.63, 3.8) is 0 Å². The molecular weight excluding hydrogens is 266 g/mol. The number of nitrogens with one attached hydrogen (secondary N) is 1. The molecule has 21 heavy (non-hydrogen) atoms. The lowest BCUT2D eigenvalue weighted by Gasteiger charge is -2.24. The molecule has 1 atom stereocenters. The van der Waals surface area contributed by atoms with Crippen molar-refractivity contribution >= 4 is 11.7 Å². The van der Waals surface area contributed by atoms with E-state index in [1.807, 2.05) is 51.1 Å². The lowest BCUT2D eigenvalue weighted by molar-refractivity contribution is 0.0614. The minimum atomic E-state index is -0.0712. The molecule has 0 spiro atoms. The minimum absolute atomic E-state index is 0.0516. The molecule has 114 valence electrons. The summed E-state index contributed by atoms with van der Waals surface area (Å²) in [5.41, 5.74) is 2.02. The number of benzene rings is 1. The molecule has 5 heteroatoms. The number of amides is 2. The fourth-order valence-corrected chi connectivity index (χ4v) is 2.27. The number of carbonyl (C=O) groups excluding carboxylic acids is 1. The van der Waals surface area contributed by atoms with Gasteiger partial charge in [-0.1, -0.05) is 35.5 Å². The van der Waals surface area contributed by atoms with Gasteiger partial charge < -0.3 is 15.1 Å². The first-order valence-electron chi connectivity index (χ1n) is 7.43. The normalized spacial score (nSPS) is 17.3. The Morgan fingerprint density at radius 1 is 1.43 bits per heavy atom. The van der Waals surface area contributed by atoms with Gasteiger partial charge in [0.05, 0.1) is 12.3 Å². The van der Waals surface area contributed by atoms with Gasteiger partial charge in [-0.15, -0.1) is 0 Å². The summed E-state index contributed by atoms with van der Waals surface area (Å²) in [6.45, 7) is 7.07. The molecule has 1 aliphatic rings. The fraction of sp³-hybridized carbons (Fsp3) is 0.500. The number of oxime groups is 1. The molecule has 5 nitrogen and oxygen atoms in total. The molecule has 1 aliphatic heterocycles. The molecule has 2 amide bonds. The van der Waals surface area contributed by atoms with Crippen molar-refractivity contribution < 1.29 is 9.63 Å². The Morgan fingerprint density at radius 2 is 2.14 bits per heavy atom. The molecule has 0 fully saturated rings. The van der Waals surface area contributed by atoms with Crippen LogP contribution in [0.5, 0.6) is 0 Å². The van der Waals surface area contributed by atoms with E-state index in [-0.39, 0.29) is 18.2 Å². The van der Waals surface area contributed by atoms with Crippen LogP contribution in [0.25, 0.3) is 0 Å². The number of urea groups is 1. The van der Waals surface area contributed by atoms with Crippen LogP contribution in [0.2, 0.25) is 0 Å². The first-order chi connectivity index (χ1) is 10.1. The highest BCUT2D eigenvalue weighted by atomic mass is 16.6. The molecule has 2 rings (SSSR count). The summed E-state index contributed by atoms with van der Waals surface area (Å²) in [6.07, 6.45) is 0.660. The van der Waals surface area contributed by atoms with Crippen LogP contribution in [0.15, 0.2) is 35.5 Å². The molecule has 0 saturated heterocycles. The van der Waals surface area contributed by atoms with Gasteiger partial charge in [0.25, 0.3) is 0 Å². The van der Waals surface area contributed by atoms with Crippen molar-refractivity contribution in [1.82, 2.24) is 10.2 Å². The van der Waals surface area contributed by atoms with Gasteiger partial charge in [-0.3, -0.25) is 0 Å². The number of nitrogens with zero attached hydrogens (tertiary/aromatic N) is 2. The van der Waals surface area contributed by atoms with Gasteiger partial charge in [0.2, 0.25) is 0 Å². The summed E-state index contributed by atoms with van der Waals surface area (Å²) in [5.74, 6) is 0. The maximum Gasteiger partial charge on any atom is 0.317 e. The number of hydrogen-bond acceptors (Lipinski definition) is 3. The van der Waals surface area contributed by atoms with E-state index in [1.165, 1.54) is 0 Å². The lowest BCUT2D eigenvalue weighted by Crippen LogP contribution is -2.45. The molecule has 1 aromatic carbocycles. The van der Waals surface area contributed by atoms with E-state index in [4.69, 9.17) is 4.84 Å².